The summed E-state index contributed by atoms with van der Waals surface area (Å²) in [7, 11) is 0. The highest BCUT2D eigenvalue weighted by Crippen LogP contribution is 2.30. The number of aromatic nitrogens is 1. The highest BCUT2D eigenvalue weighted by atomic mass is 32.2. The first-order chi connectivity index (χ1) is 9.84. The third kappa shape index (κ3) is 4.75. The minimum absolute atomic E-state index is 0.100. The first kappa shape index (κ1) is 15.8. The highest BCUT2D eigenvalue weighted by molar-refractivity contribution is 8.01. The predicted molar refractivity (Wildman–Crippen MR) is 77.6 cm³/mol. The van der Waals surface area contributed by atoms with Crippen molar-refractivity contribution in [2.24, 2.45) is 0 Å². The van der Waals surface area contributed by atoms with Crippen LogP contribution in [0.1, 0.15) is 11.3 Å². The molecular formula is C13H11F3N2OS2. The molecule has 0 bridgehead atoms. The Labute approximate surface area is 127 Å². The lowest BCUT2D eigenvalue weighted by Gasteiger charge is -2.09. The number of halogens is 3. The molecule has 1 aromatic carbocycles. The number of alkyl halides is 3. The van der Waals surface area contributed by atoms with Crippen molar-refractivity contribution in [1.82, 2.24) is 4.98 Å². The molecule has 0 aliphatic rings. The number of thiazole rings is 1. The number of anilines is 1. The third-order valence-electron chi connectivity index (χ3n) is 2.40. The molecule has 0 saturated heterocycles. The van der Waals surface area contributed by atoms with E-state index in [1.807, 2.05) is 12.3 Å². The van der Waals surface area contributed by atoms with Gasteiger partial charge in [0.05, 0.1) is 11.3 Å². The van der Waals surface area contributed by atoms with Gasteiger partial charge in [0.25, 0.3) is 0 Å². The van der Waals surface area contributed by atoms with E-state index in [2.05, 4.69) is 10.3 Å². The predicted octanol–water partition coefficient (Wildman–Crippen LogP) is 4.20. The Kier molecular flexibility index (Phi) is 4.89. The molecule has 1 aromatic heterocycles. The van der Waals surface area contributed by atoms with Gasteiger partial charge in [-0.3, -0.25) is 4.79 Å². The number of carbonyl (C=O) groups is 1. The molecule has 0 aliphatic carbocycles. The number of aryl methyl sites for hydroxylation is 1. The number of nitrogens with zero attached hydrogens (tertiary/aromatic N) is 1. The van der Waals surface area contributed by atoms with Crippen LogP contribution in [0.2, 0.25) is 0 Å². The summed E-state index contributed by atoms with van der Waals surface area (Å²) in [5.74, 6) is -0.268. The zero-order valence-corrected chi connectivity index (χ0v) is 12.5. The number of thioether (sulfide) groups is 1. The van der Waals surface area contributed by atoms with Crippen LogP contribution in [0.4, 0.5) is 18.9 Å². The SMILES string of the molecule is Cc1csc(SCC(=O)Nc2cccc(C(F)(F)F)c2)n1. The number of carbonyl (C=O) groups excluding carboxylic acids is 1. The summed E-state index contributed by atoms with van der Waals surface area (Å²) in [5, 5.41) is 4.32. The fourth-order valence-electron chi connectivity index (χ4n) is 1.50. The maximum Gasteiger partial charge on any atom is 0.416 e. The van der Waals surface area contributed by atoms with Crippen molar-refractivity contribution in [3.8, 4) is 0 Å². The lowest BCUT2D eigenvalue weighted by Crippen LogP contribution is -2.15. The van der Waals surface area contributed by atoms with Crippen molar-refractivity contribution < 1.29 is 18.0 Å². The van der Waals surface area contributed by atoms with Crippen molar-refractivity contribution >= 4 is 34.7 Å². The Morgan fingerprint density at radius 3 is 2.81 bits per heavy atom. The van der Waals surface area contributed by atoms with E-state index in [0.717, 1.165) is 22.2 Å². The molecule has 3 nitrogen and oxygen atoms in total. The van der Waals surface area contributed by atoms with Crippen LogP contribution in [0.5, 0.6) is 0 Å². The van der Waals surface area contributed by atoms with Gasteiger partial charge in [0.2, 0.25) is 5.91 Å². The van der Waals surface area contributed by atoms with Crippen LogP contribution in [0.15, 0.2) is 34.0 Å². The zero-order valence-electron chi connectivity index (χ0n) is 10.9. The molecule has 1 amide bonds. The van der Waals surface area contributed by atoms with E-state index in [1.54, 1.807) is 0 Å². The van der Waals surface area contributed by atoms with Gasteiger partial charge in [-0.2, -0.15) is 13.2 Å². The Morgan fingerprint density at radius 2 is 2.19 bits per heavy atom. The minimum Gasteiger partial charge on any atom is -0.325 e. The zero-order chi connectivity index (χ0) is 15.5. The number of benzene rings is 1. The fraction of sp³-hybridized carbons (Fsp3) is 0.231. The van der Waals surface area contributed by atoms with Gasteiger partial charge in [0, 0.05) is 16.8 Å². The minimum atomic E-state index is -4.42. The maximum absolute atomic E-state index is 12.6. The molecule has 0 saturated carbocycles. The standard InChI is InChI=1S/C13H11F3N2OS2/c1-8-6-20-12(17-8)21-7-11(19)18-10-4-2-3-9(5-10)13(14,15)16/h2-6H,7H2,1H3,(H,18,19). The van der Waals surface area contributed by atoms with E-state index in [4.69, 9.17) is 0 Å². The second-order valence-corrected chi connectivity index (χ2v) is 6.25. The number of hydrogen-bond donors (Lipinski definition) is 1. The summed E-state index contributed by atoms with van der Waals surface area (Å²) < 4.78 is 38.4. The van der Waals surface area contributed by atoms with Gasteiger partial charge in [-0.15, -0.1) is 11.3 Å². The summed E-state index contributed by atoms with van der Waals surface area (Å²) in [4.78, 5) is 15.9. The summed E-state index contributed by atoms with van der Waals surface area (Å²) in [6.45, 7) is 1.85. The van der Waals surface area contributed by atoms with Crippen LogP contribution >= 0.6 is 23.1 Å². The summed E-state index contributed by atoms with van der Waals surface area (Å²) >= 11 is 2.68. The molecule has 0 aliphatic heterocycles. The highest BCUT2D eigenvalue weighted by Gasteiger charge is 2.30. The topological polar surface area (TPSA) is 42.0 Å². The Hall–Kier alpha value is -1.54. The largest absolute Gasteiger partial charge is 0.416 e. The molecule has 21 heavy (non-hydrogen) atoms. The maximum atomic E-state index is 12.6. The van der Waals surface area contributed by atoms with Crippen molar-refractivity contribution in [2.75, 3.05) is 11.1 Å². The molecule has 0 radical (unpaired) electrons. The van der Waals surface area contributed by atoms with Gasteiger partial charge in [-0.05, 0) is 25.1 Å². The third-order valence-corrected chi connectivity index (χ3v) is 4.54. The Balaban J connectivity index is 1.93. The molecule has 0 spiro atoms. The van der Waals surface area contributed by atoms with Gasteiger partial charge in [-0.25, -0.2) is 4.98 Å². The van der Waals surface area contributed by atoms with Crippen LogP contribution in [0.25, 0.3) is 0 Å². The molecule has 112 valence electrons. The van der Waals surface area contributed by atoms with Crippen LogP contribution in [0, 0.1) is 6.92 Å². The van der Waals surface area contributed by atoms with Crippen LogP contribution < -0.4 is 5.32 Å². The molecule has 1 N–H and O–H groups in total. The molecule has 0 fully saturated rings. The quantitative estimate of drug-likeness (QED) is 0.853. The van der Waals surface area contributed by atoms with Crippen molar-refractivity contribution in [1.29, 1.82) is 0 Å². The van der Waals surface area contributed by atoms with Gasteiger partial charge in [0.1, 0.15) is 0 Å². The number of hydrogen-bond acceptors (Lipinski definition) is 4. The number of nitrogens with one attached hydrogen (secondary N) is 1. The van der Waals surface area contributed by atoms with Crippen LogP contribution in [-0.4, -0.2) is 16.6 Å². The van der Waals surface area contributed by atoms with Gasteiger partial charge in [0.15, 0.2) is 4.34 Å². The van der Waals surface area contributed by atoms with E-state index < -0.39 is 11.7 Å². The summed E-state index contributed by atoms with van der Waals surface area (Å²) in [6, 6.07) is 4.56. The van der Waals surface area contributed by atoms with E-state index >= 15 is 0 Å². The Bertz CT molecular complexity index is 640. The second-order valence-electron chi connectivity index (χ2n) is 4.17. The van der Waals surface area contributed by atoms with Crippen molar-refractivity contribution in [2.45, 2.75) is 17.4 Å². The van der Waals surface area contributed by atoms with Crippen LogP contribution in [0.3, 0.4) is 0 Å². The molecule has 2 aromatic rings. The first-order valence-electron chi connectivity index (χ1n) is 5.86. The molecule has 1 heterocycles. The lowest BCUT2D eigenvalue weighted by atomic mass is 10.2. The van der Waals surface area contributed by atoms with Gasteiger partial charge < -0.3 is 5.32 Å². The fourth-order valence-corrected chi connectivity index (χ4v) is 3.15. The molecule has 8 heteroatoms. The summed E-state index contributed by atoms with van der Waals surface area (Å²) in [5.41, 5.74) is 0.218. The monoisotopic (exact) mass is 332 g/mol. The van der Waals surface area contributed by atoms with E-state index in [9.17, 15) is 18.0 Å². The van der Waals surface area contributed by atoms with E-state index in [-0.39, 0.29) is 17.3 Å². The van der Waals surface area contributed by atoms with Gasteiger partial charge in [-0.1, -0.05) is 17.8 Å². The smallest absolute Gasteiger partial charge is 0.325 e. The summed E-state index contributed by atoms with van der Waals surface area (Å²) in [6.07, 6.45) is -4.42. The van der Waals surface area contributed by atoms with E-state index in [0.29, 0.717) is 0 Å². The van der Waals surface area contributed by atoms with Gasteiger partial charge >= 0.3 is 6.18 Å². The number of amides is 1. The second kappa shape index (κ2) is 6.48. The average Bonchev–Trinajstić information content (AvgIpc) is 2.82. The number of rotatable bonds is 4. The first-order valence-corrected chi connectivity index (χ1v) is 7.73. The molecule has 0 unspecified atom stereocenters. The van der Waals surface area contributed by atoms with Crippen molar-refractivity contribution in [3.63, 3.8) is 0 Å². The van der Waals surface area contributed by atoms with Crippen LogP contribution in [-0.2, 0) is 11.0 Å². The molecular weight excluding hydrogens is 321 g/mol. The Morgan fingerprint density at radius 1 is 1.43 bits per heavy atom. The molecule has 2 rings (SSSR count). The lowest BCUT2D eigenvalue weighted by molar-refractivity contribution is -0.137. The molecule has 0 atom stereocenters. The normalized spacial score (nSPS) is 11.4. The van der Waals surface area contributed by atoms with Crippen molar-refractivity contribution in [3.05, 3.63) is 40.9 Å². The average molecular weight is 332 g/mol. The van der Waals surface area contributed by atoms with E-state index in [1.165, 1.54) is 35.2 Å².